The van der Waals surface area contributed by atoms with Gasteiger partial charge in [0.15, 0.2) is 5.96 Å². The van der Waals surface area contributed by atoms with Gasteiger partial charge in [0, 0.05) is 7.05 Å². The van der Waals surface area contributed by atoms with Crippen molar-refractivity contribution in [1.82, 2.24) is 20.7 Å². The number of ether oxygens (including phenoxy) is 2. The van der Waals surface area contributed by atoms with Gasteiger partial charge in [0.1, 0.15) is 11.8 Å². The molecule has 20 heavy (non-hydrogen) atoms. The van der Waals surface area contributed by atoms with E-state index in [9.17, 15) is 0 Å². The Balaban J connectivity index is 2.39. The van der Waals surface area contributed by atoms with Crippen LogP contribution in [0.15, 0.2) is 29.2 Å². The fraction of sp³-hybridized carbons (Fsp3) is 0.417. The molecule has 0 spiro atoms. The molecule has 108 valence electrons. The summed E-state index contributed by atoms with van der Waals surface area (Å²) in [6.45, 7) is 2.98. The van der Waals surface area contributed by atoms with Crippen LogP contribution >= 0.6 is 0 Å². The van der Waals surface area contributed by atoms with E-state index in [2.05, 4.69) is 25.7 Å². The number of nitrogens with one attached hydrogen (secondary N) is 2. The molecule has 0 atom stereocenters. The predicted octanol–water partition coefficient (Wildman–Crippen LogP) is -0.00110. The summed E-state index contributed by atoms with van der Waals surface area (Å²) < 4.78 is 10.9. The quantitative estimate of drug-likeness (QED) is 0.302. The Morgan fingerprint density at radius 1 is 1.65 bits per heavy atom. The van der Waals surface area contributed by atoms with Crippen molar-refractivity contribution in [2.45, 2.75) is 13.0 Å². The summed E-state index contributed by atoms with van der Waals surface area (Å²) in [6, 6.07) is 0. The molecule has 4 N–H and O–H groups in total. The number of rotatable bonds is 5. The van der Waals surface area contributed by atoms with E-state index in [1.165, 1.54) is 0 Å². The van der Waals surface area contributed by atoms with Gasteiger partial charge >= 0.3 is 0 Å². The van der Waals surface area contributed by atoms with Gasteiger partial charge in [-0.05, 0) is 6.92 Å². The Morgan fingerprint density at radius 2 is 2.45 bits per heavy atom. The fourth-order valence-corrected chi connectivity index (χ4v) is 1.52. The number of allylic oxidation sites excluding steroid dienone is 3. The minimum absolute atomic E-state index is 0.0226. The second-order valence-corrected chi connectivity index (χ2v) is 4.10. The molecule has 1 aromatic rings. The number of nitrogens with zero attached hydrogens (tertiary/aromatic N) is 3. The molecule has 1 aromatic heterocycles. The molecule has 0 amide bonds. The van der Waals surface area contributed by atoms with Crippen LogP contribution in [-0.4, -0.2) is 47.7 Å². The van der Waals surface area contributed by atoms with E-state index in [0.29, 0.717) is 30.4 Å². The average molecular weight is 278 g/mol. The SMILES string of the molecule is C/C=C/C(=C(\N=C(/N)NC)OC1COC1)c1cn[nH]n1. The predicted molar refractivity (Wildman–Crippen MR) is 74.5 cm³/mol. The molecule has 0 radical (unpaired) electrons. The topological polar surface area (TPSA) is 110 Å². The first kappa shape index (κ1) is 14.1. The Labute approximate surface area is 116 Å². The molecule has 0 bridgehead atoms. The van der Waals surface area contributed by atoms with Crippen LogP contribution in [0.1, 0.15) is 12.6 Å². The third-order valence-electron chi connectivity index (χ3n) is 2.62. The lowest BCUT2D eigenvalue weighted by molar-refractivity contribution is -0.107. The van der Waals surface area contributed by atoms with E-state index in [0.717, 1.165) is 0 Å². The molecule has 1 fully saturated rings. The first-order chi connectivity index (χ1) is 9.74. The number of hydrogen-bond acceptors (Lipinski definition) is 5. The lowest BCUT2D eigenvalue weighted by Gasteiger charge is -2.27. The van der Waals surface area contributed by atoms with Crippen molar-refractivity contribution in [3.8, 4) is 0 Å². The maximum atomic E-state index is 5.81. The van der Waals surface area contributed by atoms with E-state index >= 15 is 0 Å². The number of nitrogens with two attached hydrogens (primary N) is 1. The molecule has 0 unspecified atom stereocenters. The van der Waals surface area contributed by atoms with Crippen molar-refractivity contribution >= 4 is 11.5 Å². The second-order valence-electron chi connectivity index (χ2n) is 4.10. The Hall–Kier alpha value is -2.35. The van der Waals surface area contributed by atoms with Crippen LogP contribution in [0.3, 0.4) is 0 Å². The zero-order valence-electron chi connectivity index (χ0n) is 11.5. The first-order valence-corrected chi connectivity index (χ1v) is 6.24. The van der Waals surface area contributed by atoms with E-state index in [1.54, 1.807) is 13.2 Å². The van der Waals surface area contributed by atoms with Gasteiger partial charge in [-0.25, -0.2) is 0 Å². The zero-order chi connectivity index (χ0) is 14.4. The normalized spacial score (nSPS) is 17.8. The summed E-state index contributed by atoms with van der Waals surface area (Å²) in [6.07, 6.45) is 5.29. The summed E-state index contributed by atoms with van der Waals surface area (Å²) in [5.41, 5.74) is 7.05. The molecule has 2 heterocycles. The molecule has 0 aromatic carbocycles. The highest BCUT2D eigenvalue weighted by Gasteiger charge is 2.23. The van der Waals surface area contributed by atoms with Crippen LogP contribution in [0.25, 0.3) is 5.57 Å². The smallest absolute Gasteiger partial charge is 0.226 e. The molecule has 8 nitrogen and oxygen atoms in total. The minimum Gasteiger partial charge on any atom is -0.469 e. The van der Waals surface area contributed by atoms with Crippen molar-refractivity contribution in [3.05, 3.63) is 29.9 Å². The third-order valence-corrected chi connectivity index (χ3v) is 2.62. The highest BCUT2D eigenvalue weighted by molar-refractivity contribution is 5.81. The molecule has 1 saturated heterocycles. The number of aromatic amines is 1. The van der Waals surface area contributed by atoms with E-state index in [4.69, 9.17) is 15.2 Å². The van der Waals surface area contributed by atoms with Gasteiger partial charge in [-0.1, -0.05) is 12.2 Å². The summed E-state index contributed by atoms with van der Waals surface area (Å²) >= 11 is 0. The van der Waals surface area contributed by atoms with Crippen molar-refractivity contribution in [1.29, 1.82) is 0 Å². The van der Waals surface area contributed by atoms with E-state index in [-0.39, 0.29) is 12.1 Å². The lowest BCUT2D eigenvalue weighted by atomic mass is 10.2. The molecule has 0 aliphatic carbocycles. The lowest BCUT2D eigenvalue weighted by Crippen LogP contribution is -2.36. The first-order valence-electron chi connectivity index (χ1n) is 6.24. The van der Waals surface area contributed by atoms with Crippen molar-refractivity contribution in [2.75, 3.05) is 20.3 Å². The minimum atomic E-state index is -0.0226. The fourth-order valence-electron chi connectivity index (χ4n) is 1.52. The molecule has 8 heteroatoms. The van der Waals surface area contributed by atoms with Crippen molar-refractivity contribution in [3.63, 3.8) is 0 Å². The number of aromatic nitrogens is 3. The van der Waals surface area contributed by atoms with E-state index < -0.39 is 0 Å². The van der Waals surface area contributed by atoms with Gasteiger partial charge in [0.2, 0.25) is 5.88 Å². The third kappa shape index (κ3) is 3.35. The van der Waals surface area contributed by atoms with Crippen LogP contribution in [0.2, 0.25) is 0 Å². The zero-order valence-corrected chi connectivity index (χ0v) is 11.5. The molecule has 2 rings (SSSR count). The molecular formula is C12H18N6O2. The molecular weight excluding hydrogens is 260 g/mol. The monoisotopic (exact) mass is 278 g/mol. The number of aliphatic imine (C=N–C) groups is 1. The number of guanidine groups is 1. The highest BCUT2D eigenvalue weighted by atomic mass is 16.6. The number of H-pyrrole nitrogens is 1. The molecule has 1 aliphatic heterocycles. The highest BCUT2D eigenvalue weighted by Crippen LogP contribution is 2.23. The van der Waals surface area contributed by atoms with Gasteiger partial charge in [-0.2, -0.15) is 20.4 Å². The van der Waals surface area contributed by atoms with Crippen molar-refractivity contribution < 1.29 is 9.47 Å². The maximum Gasteiger partial charge on any atom is 0.226 e. The largest absolute Gasteiger partial charge is 0.469 e. The van der Waals surface area contributed by atoms with Crippen LogP contribution in [-0.2, 0) is 9.47 Å². The Bertz CT molecular complexity index is 516. The summed E-state index contributed by atoms with van der Waals surface area (Å²) in [5, 5.41) is 13.2. The van der Waals surface area contributed by atoms with Gasteiger partial charge in [0.05, 0.1) is 25.0 Å². The summed E-state index contributed by atoms with van der Waals surface area (Å²) in [5.74, 6) is 0.642. The van der Waals surface area contributed by atoms with Gasteiger partial charge in [-0.3, -0.25) is 0 Å². The molecule has 1 aliphatic rings. The maximum absolute atomic E-state index is 5.81. The summed E-state index contributed by atoms with van der Waals surface area (Å²) in [4.78, 5) is 4.24. The van der Waals surface area contributed by atoms with Crippen LogP contribution in [0, 0.1) is 0 Å². The Morgan fingerprint density at radius 3 is 2.95 bits per heavy atom. The van der Waals surface area contributed by atoms with Gasteiger partial charge < -0.3 is 20.5 Å². The van der Waals surface area contributed by atoms with Crippen LogP contribution in [0.4, 0.5) is 0 Å². The molecule has 0 saturated carbocycles. The van der Waals surface area contributed by atoms with Gasteiger partial charge in [0.25, 0.3) is 0 Å². The van der Waals surface area contributed by atoms with Crippen LogP contribution < -0.4 is 11.1 Å². The van der Waals surface area contributed by atoms with Crippen molar-refractivity contribution in [2.24, 2.45) is 10.7 Å². The Kier molecular flexibility index (Phi) is 4.72. The standard InChI is InChI=1S/C12H18N6O2/c1-3-4-9(10-5-15-18-17-10)11(16-12(13)14-2)20-8-6-19-7-8/h3-5,8H,6-7H2,1-2H3,(H3,13,14,16)(H,15,17,18)/b4-3+,11-9-. The second kappa shape index (κ2) is 6.71. The van der Waals surface area contributed by atoms with E-state index in [1.807, 2.05) is 19.1 Å². The van der Waals surface area contributed by atoms with Crippen LogP contribution in [0.5, 0.6) is 0 Å². The summed E-state index contributed by atoms with van der Waals surface area (Å²) in [7, 11) is 1.69. The average Bonchev–Trinajstić information content (AvgIpc) is 2.92. The van der Waals surface area contributed by atoms with Gasteiger partial charge in [-0.15, -0.1) is 0 Å². The number of hydrogen-bond donors (Lipinski definition) is 3.